The highest BCUT2D eigenvalue weighted by molar-refractivity contribution is 5.78. The fraction of sp³-hybridized carbons (Fsp3) is 0.562. The van der Waals surface area contributed by atoms with Crippen LogP contribution < -0.4 is 10.2 Å². The molecule has 1 aromatic carbocycles. The van der Waals surface area contributed by atoms with Crippen LogP contribution in [0.1, 0.15) is 19.8 Å². The molecule has 4 heteroatoms. The van der Waals surface area contributed by atoms with Gasteiger partial charge in [-0.05, 0) is 31.9 Å². The van der Waals surface area contributed by atoms with Gasteiger partial charge < -0.3 is 10.2 Å². The van der Waals surface area contributed by atoms with Crippen LogP contribution in [-0.4, -0.2) is 49.1 Å². The molecular weight excluding hydrogens is 250 g/mol. The molecule has 1 saturated heterocycles. The molecule has 0 aromatic heterocycles. The lowest BCUT2D eigenvalue weighted by Gasteiger charge is -2.40. The van der Waals surface area contributed by atoms with E-state index in [2.05, 4.69) is 46.3 Å². The van der Waals surface area contributed by atoms with Crippen molar-refractivity contribution in [1.29, 1.82) is 0 Å². The van der Waals surface area contributed by atoms with Gasteiger partial charge in [0, 0.05) is 37.4 Å². The van der Waals surface area contributed by atoms with Gasteiger partial charge in [0.25, 0.3) is 0 Å². The molecule has 0 spiro atoms. The zero-order valence-corrected chi connectivity index (χ0v) is 12.1. The largest absolute Gasteiger partial charge is 0.369 e. The van der Waals surface area contributed by atoms with E-state index in [0.717, 1.165) is 32.5 Å². The quantitative estimate of drug-likeness (QED) is 0.902. The van der Waals surface area contributed by atoms with E-state index >= 15 is 0 Å². The first-order valence-corrected chi connectivity index (χ1v) is 7.56. The maximum absolute atomic E-state index is 11.9. The maximum atomic E-state index is 11.9. The zero-order chi connectivity index (χ0) is 13.9. The van der Waals surface area contributed by atoms with Gasteiger partial charge in [-0.25, -0.2) is 0 Å². The predicted octanol–water partition coefficient (Wildman–Crippen LogP) is 1.48. The van der Waals surface area contributed by atoms with Crippen molar-refractivity contribution in [2.24, 2.45) is 0 Å². The summed E-state index contributed by atoms with van der Waals surface area (Å²) in [6, 6.07) is 11.4. The first-order chi connectivity index (χ1) is 9.72. The Morgan fingerprint density at radius 2 is 2.00 bits per heavy atom. The first-order valence-electron chi connectivity index (χ1n) is 7.56. The summed E-state index contributed by atoms with van der Waals surface area (Å²) in [5, 5.41) is 3.07. The third-order valence-corrected chi connectivity index (χ3v) is 4.18. The molecule has 1 aliphatic carbocycles. The average Bonchev–Trinajstić information content (AvgIpc) is 3.26. The minimum Gasteiger partial charge on any atom is -0.369 e. The summed E-state index contributed by atoms with van der Waals surface area (Å²) in [6.45, 7) is 5.68. The van der Waals surface area contributed by atoms with Crippen molar-refractivity contribution in [2.45, 2.75) is 31.8 Å². The lowest BCUT2D eigenvalue weighted by molar-refractivity contribution is -0.123. The molecule has 1 heterocycles. The van der Waals surface area contributed by atoms with E-state index in [9.17, 15) is 4.79 Å². The number of nitrogens with zero attached hydrogens (tertiary/aromatic N) is 2. The number of carbonyl (C=O) groups is 1. The second-order valence-corrected chi connectivity index (χ2v) is 5.94. The van der Waals surface area contributed by atoms with Gasteiger partial charge in [0.05, 0.1) is 6.54 Å². The molecule has 0 unspecified atom stereocenters. The van der Waals surface area contributed by atoms with Crippen LogP contribution in [0.2, 0.25) is 0 Å². The SMILES string of the molecule is C[C@H]1CN(c2ccccc2)CCN1CC(=O)NC1CC1. The summed E-state index contributed by atoms with van der Waals surface area (Å²) in [5.41, 5.74) is 1.28. The van der Waals surface area contributed by atoms with Crippen molar-refractivity contribution in [1.82, 2.24) is 10.2 Å². The smallest absolute Gasteiger partial charge is 0.234 e. The van der Waals surface area contributed by atoms with Gasteiger partial charge in [-0.15, -0.1) is 0 Å². The normalized spacial score (nSPS) is 23.6. The molecule has 3 rings (SSSR count). The molecule has 1 atom stereocenters. The van der Waals surface area contributed by atoms with Crippen LogP contribution in [0.25, 0.3) is 0 Å². The van der Waals surface area contributed by atoms with Crippen LogP contribution in [-0.2, 0) is 4.79 Å². The summed E-state index contributed by atoms with van der Waals surface area (Å²) in [7, 11) is 0. The van der Waals surface area contributed by atoms with Gasteiger partial charge in [-0.2, -0.15) is 0 Å². The second kappa shape index (κ2) is 5.83. The van der Waals surface area contributed by atoms with Gasteiger partial charge in [0.1, 0.15) is 0 Å². The molecule has 2 aliphatic rings. The number of para-hydroxylation sites is 1. The van der Waals surface area contributed by atoms with Crippen molar-refractivity contribution in [3.05, 3.63) is 30.3 Å². The monoisotopic (exact) mass is 273 g/mol. The lowest BCUT2D eigenvalue weighted by Crippen LogP contribution is -2.54. The molecule has 2 fully saturated rings. The summed E-state index contributed by atoms with van der Waals surface area (Å²) < 4.78 is 0. The Balaban J connectivity index is 1.52. The molecule has 1 amide bonds. The van der Waals surface area contributed by atoms with Crippen molar-refractivity contribution >= 4 is 11.6 Å². The molecule has 1 saturated carbocycles. The highest BCUT2D eigenvalue weighted by Gasteiger charge is 2.28. The summed E-state index contributed by atoms with van der Waals surface area (Å²) >= 11 is 0. The molecular formula is C16H23N3O. The summed E-state index contributed by atoms with van der Waals surface area (Å²) in [5.74, 6) is 0.188. The molecule has 1 aromatic rings. The molecule has 4 nitrogen and oxygen atoms in total. The third-order valence-electron chi connectivity index (χ3n) is 4.18. The minimum absolute atomic E-state index is 0.188. The second-order valence-electron chi connectivity index (χ2n) is 5.94. The topological polar surface area (TPSA) is 35.6 Å². The van der Waals surface area contributed by atoms with E-state index in [1.165, 1.54) is 5.69 Å². The highest BCUT2D eigenvalue weighted by atomic mass is 16.2. The number of piperazine rings is 1. The standard InChI is InChI=1S/C16H23N3O/c1-13-11-19(15-5-3-2-4-6-15)10-9-18(13)12-16(20)17-14-7-8-14/h2-6,13-14H,7-12H2,1H3,(H,17,20)/t13-/m0/s1. The molecule has 108 valence electrons. The zero-order valence-electron chi connectivity index (χ0n) is 12.1. The van der Waals surface area contributed by atoms with Gasteiger partial charge in [0.15, 0.2) is 0 Å². The Morgan fingerprint density at radius 3 is 2.65 bits per heavy atom. The average molecular weight is 273 g/mol. The maximum Gasteiger partial charge on any atom is 0.234 e. The number of carbonyl (C=O) groups excluding carboxylic acids is 1. The number of hydrogen-bond donors (Lipinski definition) is 1. The fourth-order valence-electron chi connectivity index (χ4n) is 2.79. The number of rotatable bonds is 4. The highest BCUT2D eigenvalue weighted by Crippen LogP contribution is 2.20. The Morgan fingerprint density at radius 1 is 1.25 bits per heavy atom. The van der Waals surface area contributed by atoms with E-state index in [4.69, 9.17) is 0 Å². The number of benzene rings is 1. The van der Waals surface area contributed by atoms with Crippen LogP contribution in [0.15, 0.2) is 30.3 Å². The van der Waals surface area contributed by atoms with Gasteiger partial charge >= 0.3 is 0 Å². The Hall–Kier alpha value is -1.55. The van der Waals surface area contributed by atoms with E-state index in [1.54, 1.807) is 0 Å². The minimum atomic E-state index is 0.188. The Kier molecular flexibility index (Phi) is 3.92. The summed E-state index contributed by atoms with van der Waals surface area (Å²) in [6.07, 6.45) is 2.31. The van der Waals surface area contributed by atoms with Crippen LogP contribution >= 0.6 is 0 Å². The third kappa shape index (κ3) is 3.31. The van der Waals surface area contributed by atoms with Crippen molar-refractivity contribution < 1.29 is 4.79 Å². The van der Waals surface area contributed by atoms with Crippen molar-refractivity contribution in [3.63, 3.8) is 0 Å². The number of amides is 1. The number of anilines is 1. The predicted molar refractivity (Wildman–Crippen MR) is 80.9 cm³/mol. The Labute approximate surface area is 120 Å². The number of nitrogens with one attached hydrogen (secondary N) is 1. The van der Waals surface area contributed by atoms with Crippen LogP contribution in [0.4, 0.5) is 5.69 Å². The van der Waals surface area contributed by atoms with Gasteiger partial charge in [0.2, 0.25) is 5.91 Å². The van der Waals surface area contributed by atoms with Crippen LogP contribution in [0, 0.1) is 0 Å². The van der Waals surface area contributed by atoms with E-state index < -0.39 is 0 Å². The van der Waals surface area contributed by atoms with Crippen molar-refractivity contribution in [2.75, 3.05) is 31.1 Å². The lowest BCUT2D eigenvalue weighted by atomic mass is 10.1. The van der Waals surface area contributed by atoms with Gasteiger partial charge in [-0.3, -0.25) is 9.69 Å². The molecule has 1 aliphatic heterocycles. The van der Waals surface area contributed by atoms with Crippen LogP contribution in [0.3, 0.4) is 0 Å². The van der Waals surface area contributed by atoms with E-state index in [1.807, 2.05) is 6.07 Å². The fourth-order valence-corrected chi connectivity index (χ4v) is 2.79. The van der Waals surface area contributed by atoms with E-state index in [0.29, 0.717) is 18.6 Å². The van der Waals surface area contributed by atoms with Crippen molar-refractivity contribution in [3.8, 4) is 0 Å². The van der Waals surface area contributed by atoms with E-state index in [-0.39, 0.29) is 5.91 Å². The molecule has 0 radical (unpaired) electrons. The molecule has 0 bridgehead atoms. The number of hydrogen-bond acceptors (Lipinski definition) is 3. The summed E-state index contributed by atoms with van der Waals surface area (Å²) in [4.78, 5) is 16.6. The molecule has 20 heavy (non-hydrogen) atoms. The molecule has 1 N–H and O–H groups in total. The van der Waals surface area contributed by atoms with Gasteiger partial charge in [-0.1, -0.05) is 18.2 Å². The van der Waals surface area contributed by atoms with Crippen LogP contribution in [0.5, 0.6) is 0 Å². The first kappa shape index (κ1) is 13.4. The Bertz CT molecular complexity index is 458.